The molecule has 0 spiro atoms. The number of carbonyl (C=O) groups excluding carboxylic acids is 1. The van der Waals surface area contributed by atoms with E-state index < -0.39 is 0 Å². The normalized spacial score (nSPS) is 20.1. The van der Waals surface area contributed by atoms with Crippen LogP contribution in [-0.2, 0) is 4.74 Å². The lowest BCUT2D eigenvalue weighted by molar-refractivity contribution is 0.0986. The Balaban J connectivity index is 1.65. The molecule has 2 aromatic rings. The maximum Gasteiger partial charge on any atom is 0.258 e. The Labute approximate surface area is 142 Å². The second-order valence-corrected chi connectivity index (χ2v) is 6.55. The fourth-order valence-electron chi connectivity index (χ4n) is 3.60. The van der Waals surface area contributed by atoms with Crippen molar-refractivity contribution < 1.29 is 9.53 Å². The van der Waals surface area contributed by atoms with Gasteiger partial charge in [0.2, 0.25) is 0 Å². The predicted octanol–water partition coefficient (Wildman–Crippen LogP) is 3.29. The molecule has 24 heavy (non-hydrogen) atoms. The minimum Gasteiger partial charge on any atom is -0.381 e. The van der Waals surface area contributed by atoms with Crippen LogP contribution in [0.15, 0.2) is 48.5 Å². The molecular formula is C20H22N2O2. The van der Waals surface area contributed by atoms with Crippen LogP contribution in [0.2, 0.25) is 0 Å². The predicted molar refractivity (Wildman–Crippen MR) is 96.0 cm³/mol. The molecule has 1 atom stereocenters. The van der Waals surface area contributed by atoms with Crippen molar-refractivity contribution in [2.45, 2.75) is 12.3 Å². The largest absolute Gasteiger partial charge is 0.381 e. The van der Waals surface area contributed by atoms with E-state index in [0.29, 0.717) is 12.5 Å². The zero-order chi connectivity index (χ0) is 16.5. The highest BCUT2D eigenvalue weighted by Crippen LogP contribution is 2.33. The molecule has 4 nitrogen and oxygen atoms in total. The first-order valence-corrected chi connectivity index (χ1v) is 8.54. The van der Waals surface area contributed by atoms with E-state index in [1.165, 1.54) is 5.56 Å². The number of rotatable bonds is 2. The molecule has 4 heteroatoms. The topological polar surface area (TPSA) is 32.8 Å². The van der Waals surface area contributed by atoms with Crippen molar-refractivity contribution in [3.63, 3.8) is 0 Å². The van der Waals surface area contributed by atoms with E-state index in [9.17, 15) is 4.79 Å². The van der Waals surface area contributed by atoms with Crippen LogP contribution in [0.25, 0.3) is 0 Å². The van der Waals surface area contributed by atoms with Crippen LogP contribution in [0.5, 0.6) is 0 Å². The summed E-state index contributed by atoms with van der Waals surface area (Å²) in [4.78, 5) is 17.2. The number of para-hydroxylation sites is 2. The number of amides is 1. The highest BCUT2D eigenvalue weighted by Gasteiger charge is 2.26. The summed E-state index contributed by atoms with van der Waals surface area (Å²) < 4.78 is 5.49. The van der Waals surface area contributed by atoms with Crippen LogP contribution in [-0.4, -0.2) is 39.3 Å². The molecule has 0 radical (unpaired) electrons. The van der Waals surface area contributed by atoms with Gasteiger partial charge < -0.3 is 14.5 Å². The maximum atomic E-state index is 13.1. The van der Waals surface area contributed by atoms with Gasteiger partial charge in [0.15, 0.2) is 0 Å². The third-order valence-corrected chi connectivity index (χ3v) is 5.02. The lowest BCUT2D eigenvalue weighted by Gasteiger charge is -2.35. The van der Waals surface area contributed by atoms with Crippen molar-refractivity contribution in [1.29, 1.82) is 0 Å². The van der Waals surface area contributed by atoms with Gasteiger partial charge in [-0.25, -0.2) is 0 Å². The van der Waals surface area contributed by atoms with E-state index in [1.54, 1.807) is 0 Å². The molecule has 124 valence electrons. The first kappa shape index (κ1) is 15.2. The van der Waals surface area contributed by atoms with Crippen LogP contribution in [0, 0.1) is 0 Å². The van der Waals surface area contributed by atoms with Gasteiger partial charge in [-0.2, -0.15) is 0 Å². The summed E-state index contributed by atoms with van der Waals surface area (Å²) in [6.45, 7) is 3.13. The molecule has 0 N–H and O–H groups in total. The second kappa shape index (κ2) is 6.29. The quantitative estimate of drug-likeness (QED) is 0.850. The number of likely N-dealkylation sites (N-methyl/N-ethyl adjacent to an activating group) is 1. The summed E-state index contributed by atoms with van der Waals surface area (Å²) in [7, 11) is 2.07. The molecule has 0 aliphatic carbocycles. The summed E-state index contributed by atoms with van der Waals surface area (Å²) in [5.41, 5.74) is 4.07. The van der Waals surface area contributed by atoms with Gasteiger partial charge in [0.05, 0.1) is 18.0 Å². The first-order valence-electron chi connectivity index (χ1n) is 8.54. The Bertz CT molecular complexity index is 753. The number of benzene rings is 2. The van der Waals surface area contributed by atoms with Gasteiger partial charge in [0.1, 0.15) is 0 Å². The second-order valence-electron chi connectivity index (χ2n) is 6.55. The van der Waals surface area contributed by atoms with Crippen LogP contribution < -0.4 is 9.80 Å². The van der Waals surface area contributed by atoms with Crippen molar-refractivity contribution in [3.05, 3.63) is 59.7 Å². The lowest BCUT2D eigenvalue weighted by Crippen LogP contribution is -2.42. The lowest BCUT2D eigenvalue weighted by atomic mass is 9.96. The molecule has 2 heterocycles. The SMILES string of the molecule is CN1CCN(C(=O)c2cccc(C3CCOC3)c2)c2ccccc21. The van der Waals surface area contributed by atoms with Crippen molar-refractivity contribution in [2.24, 2.45) is 0 Å². The molecule has 1 saturated heterocycles. The van der Waals surface area contributed by atoms with Crippen molar-refractivity contribution in [2.75, 3.05) is 43.2 Å². The van der Waals surface area contributed by atoms with E-state index in [1.807, 2.05) is 41.3 Å². The van der Waals surface area contributed by atoms with E-state index in [-0.39, 0.29) is 5.91 Å². The summed E-state index contributed by atoms with van der Waals surface area (Å²) in [5, 5.41) is 0. The zero-order valence-corrected chi connectivity index (χ0v) is 13.9. The number of fused-ring (bicyclic) bond motifs is 1. The number of ether oxygens (including phenoxy) is 1. The molecule has 1 fully saturated rings. The number of hydrogen-bond donors (Lipinski definition) is 0. The van der Waals surface area contributed by atoms with Crippen molar-refractivity contribution in [1.82, 2.24) is 0 Å². The van der Waals surface area contributed by atoms with Crippen LogP contribution >= 0.6 is 0 Å². The van der Waals surface area contributed by atoms with E-state index in [2.05, 4.69) is 24.1 Å². The first-order chi connectivity index (χ1) is 11.7. The molecule has 2 aliphatic heterocycles. The van der Waals surface area contributed by atoms with E-state index in [4.69, 9.17) is 4.74 Å². The fraction of sp³-hybridized carbons (Fsp3) is 0.350. The standard InChI is InChI=1S/C20H22N2O2/c1-21-10-11-22(19-8-3-2-7-18(19)21)20(23)16-6-4-5-15(13-16)17-9-12-24-14-17/h2-8,13,17H,9-12,14H2,1H3. The molecule has 0 saturated carbocycles. The van der Waals surface area contributed by atoms with Gasteiger partial charge in [0, 0.05) is 38.2 Å². The van der Waals surface area contributed by atoms with Crippen LogP contribution in [0.4, 0.5) is 11.4 Å². The number of hydrogen-bond acceptors (Lipinski definition) is 3. The molecule has 2 aromatic carbocycles. The summed E-state index contributed by atoms with van der Waals surface area (Å²) in [5.74, 6) is 0.494. The summed E-state index contributed by atoms with van der Waals surface area (Å²) >= 11 is 0. The zero-order valence-electron chi connectivity index (χ0n) is 13.9. The molecular weight excluding hydrogens is 300 g/mol. The number of nitrogens with zero attached hydrogens (tertiary/aromatic N) is 2. The minimum atomic E-state index is 0.0799. The monoisotopic (exact) mass is 322 g/mol. The van der Waals surface area contributed by atoms with Gasteiger partial charge in [-0.05, 0) is 36.2 Å². The van der Waals surface area contributed by atoms with Gasteiger partial charge in [0.25, 0.3) is 5.91 Å². The van der Waals surface area contributed by atoms with Gasteiger partial charge in [-0.15, -0.1) is 0 Å². The fourth-order valence-corrected chi connectivity index (χ4v) is 3.60. The van der Waals surface area contributed by atoms with E-state index in [0.717, 1.165) is 43.1 Å². The molecule has 1 unspecified atom stereocenters. The molecule has 0 bridgehead atoms. The molecule has 2 aliphatic rings. The summed E-state index contributed by atoms with van der Waals surface area (Å²) in [6, 6.07) is 16.2. The highest BCUT2D eigenvalue weighted by atomic mass is 16.5. The number of anilines is 2. The van der Waals surface area contributed by atoms with Crippen LogP contribution in [0.3, 0.4) is 0 Å². The molecule has 1 amide bonds. The molecule has 0 aromatic heterocycles. The Kier molecular flexibility index (Phi) is 3.98. The average molecular weight is 322 g/mol. The Hall–Kier alpha value is -2.33. The Morgan fingerprint density at radius 2 is 1.92 bits per heavy atom. The smallest absolute Gasteiger partial charge is 0.258 e. The van der Waals surface area contributed by atoms with Crippen molar-refractivity contribution >= 4 is 17.3 Å². The summed E-state index contributed by atoms with van der Waals surface area (Å²) in [6.07, 6.45) is 1.04. The minimum absolute atomic E-state index is 0.0799. The maximum absolute atomic E-state index is 13.1. The molecule has 4 rings (SSSR count). The Morgan fingerprint density at radius 3 is 2.71 bits per heavy atom. The highest BCUT2D eigenvalue weighted by molar-refractivity contribution is 6.08. The van der Waals surface area contributed by atoms with Gasteiger partial charge in [-0.3, -0.25) is 4.79 Å². The van der Waals surface area contributed by atoms with Gasteiger partial charge in [-0.1, -0.05) is 24.3 Å². The van der Waals surface area contributed by atoms with E-state index >= 15 is 0 Å². The van der Waals surface area contributed by atoms with Crippen LogP contribution in [0.1, 0.15) is 28.3 Å². The van der Waals surface area contributed by atoms with Gasteiger partial charge >= 0.3 is 0 Å². The third kappa shape index (κ3) is 2.67. The van der Waals surface area contributed by atoms with Crippen molar-refractivity contribution in [3.8, 4) is 0 Å². The number of carbonyl (C=O) groups is 1. The third-order valence-electron chi connectivity index (χ3n) is 5.02. The Morgan fingerprint density at radius 1 is 1.08 bits per heavy atom. The average Bonchev–Trinajstić information content (AvgIpc) is 3.17.